The van der Waals surface area contributed by atoms with Crippen LogP contribution in [-0.4, -0.2) is 41.7 Å². The Hall–Kier alpha value is -3.51. The molecule has 5 rings (SSSR count). The fourth-order valence-electron chi connectivity index (χ4n) is 4.64. The van der Waals surface area contributed by atoms with Crippen LogP contribution in [-0.2, 0) is 17.8 Å². The van der Waals surface area contributed by atoms with Crippen LogP contribution in [0.25, 0.3) is 0 Å². The van der Waals surface area contributed by atoms with Gasteiger partial charge < -0.3 is 4.74 Å². The minimum Gasteiger partial charge on any atom is -0.497 e. The number of hydrogen-bond donors (Lipinski definition) is 0. The van der Waals surface area contributed by atoms with E-state index in [1.54, 1.807) is 30.3 Å². The van der Waals surface area contributed by atoms with E-state index in [-0.39, 0.29) is 24.3 Å². The molecule has 3 aromatic rings. The molecule has 0 aromatic heterocycles. The van der Waals surface area contributed by atoms with Gasteiger partial charge in [-0.3, -0.25) is 9.69 Å². The van der Waals surface area contributed by atoms with Crippen LogP contribution < -0.4 is 4.74 Å². The molecule has 1 amide bonds. The Morgan fingerprint density at radius 1 is 1.03 bits per heavy atom. The molecule has 33 heavy (non-hydrogen) atoms. The van der Waals surface area contributed by atoms with Gasteiger partial charge in [-0.25, -0.2) is 9.40 Å². The van der Waals surface area contributed by atoms with Gasteiger partial charge in [-0.15, -0.1) is 0 Å². The molecule has 5 nitrogen and oxygen atoms in total. The maximum absolute atomic E-state index is 14.5. The zero-order chi connectivity index (χ0) is 22.8. The smallest absolute Gasteiger partial charge is 0.257 e. The van der Waals surface area contributed by atoms with Crippen molar-refractivity contribution in [2.75, 3.05) is 20.2 Å². The fraction of sp³-hybridized carbons (Fsp3) is 0.259. The van der Waals surface area contributed by atoms with Gasteiger partial charge in [0.25, 0.3) is 5.91 Å². The maximum Gasteiger partial charge on any atom is 0.257 e. The lowest BCUT2D eigenvalue weighted by Gasteiger charge is -2.30. The molecular weight excluding hydrogens is 417 g/mol. The summed E-state index contributed by atoms with van der Waals surface area (Å²) in [5.41, 5.74) is 4.59. The molecule has 2 heterocycles. The van der Waals surface area contributed by atoms with Gasteiger partial charge in [-0.05, 0) is 41.3 Å². The third-order valence-electron chi connectivity index (χ3n) is 6.42. The number of ether oxygens (including phenoxy) is 1. The SMILES string of the molecule is COc1ccc([C@H]2CC(c3ccccc3F)=NN2C(=O)CN2CCc3ccccc3C2)cc1. The second-order valence-corrected chi connectivity index (χ2v) is 8.49. The van der Waals surface area contributed by atoms with E-state index < -0.39 is 0 Å². The summed E-state index contributed by atoms with van der Waals surface area (Å²) < 4.78 is 19.8. The lowest BCUT2D eigenvalue weighted by atomic mass is 9.98. The Morgan fingerprint density at radius 3 is 2.52 bits per heavy atom. The molecule has 0 radical (unpaired) electrons. The number of hydrazone groups is 1. The number of carbonyl (C=O) groups is 1. The van der Waals surface area contributed by atoms with Gasteiger partial charge in [0.2, 0.25) is 0 Å². The molecule has 6 heteroatoms. The van der Waals surface area contributed by atoms with E-state index >= 15 is 0 Å². The number of hydrogen-bond acceptors (Lipinski definition) is 4. The van der Waals surface area contributed by atoms with Crippen molar-refractivity contribution in [1.29, 1.82) is 0 Å². The number of rotatable bonds is 5. The van der Waals surface area contributed by atoms with E-state index in [0.29, 0.717) is 17.7 Å². The quantitative estimate of drug-likeness (QED) is 0.580. The van der Waals surface area contributed by atoms with Gasteiger partial charge in [-0.2, -0.15) is 5.10 Å². The zero-order valence-corrected chi connectivity index (χ0v) is 18.6. The minimum absolute atomic E-state index is 0.0819. The third kappa shape index (κ3) is 4.39. The minimum atomic E-state index is -0.327. The first-order chi connectivity index (χ1) is 16.1. The molecule has 168 valence electrons. The topological polar surface area (TPSA) is 45.1 Å². The molecule has 0 fully saturated rings. The van der Waals surface area contributed by atoms with Crippen LogP contribution in [0.1, 0.15) is 34.7 Å². The summed E-state index contributed by atoms with van der Waals surface area (Å²) in [6, 6.07) is 22.3. The molecule has 0 N–H and O–H groups in total. The van der Waals surface area contributed by atoms with Gasteiger partial charge in [0.1, 0.15) is 11.6 Å². The van der Waals surface area contributed by atoms with E-state index in [9.17, 15) is 9.18 Å². The molecule has 0 saturated heterocycles. The highest BCUT2D eigenvalue weighted by molar-refractivity contribution is 6.03. The van der Waals surface area contributed by atoms with E-state index in [1.807, 2.05) is 30.3 Å². The number of nitrogens with zero attached hydrogens (tertiary/aromatic N) is 3. The number of halogens is 1. The van der Waals surface area contributed by atoms with Crippen molar-refractivity contribution in [3.63, 3.8) is 0 Å². The van der Waals surface area contributed by atoms with Crippen molar-refractivity contribution in [1.82, 2.24) is 9.91 Å². The summed E-state index contributed by atoms with van der Waals surface area (Å²) in [5.74, 6) is 0.338. The molecule has 0 unspecified atom stereocenters. The average Bonchev–Trinajstić information content (AvgIpc) is 3.30. The molecular formula is C27H26FN3O2. The van der Waals surface area contributed by atoms with Crippen molar-refractivity contribution in [3.8, 4) is 5.75 Å². The van der Waals surface area contributed by atoms with E-state index in [1.165, 1.54) is 17.2 Å². The molecule has 0 saturated carbocycles. The average molecular weight is 444 g/mol. The summed E-state index contributed by atoms with van der Waals surface area (Å²) in [4.78, 5) is 15.6. The van der Waals surface area contributed by atoms with Gasteiger partial charge in [0, 0.05) is 25.1 Å². The van der Waals surface area contributed by atoms with Crippen LogP contribution in [0.4, 0.5) is 4.39 Å². The normalized spacial score (nSPS) is 18.1. The van der Waals surface area contributed by atoms with Crippen LogP contribution in [0, 0.1) is 5.82 Å². The Morgan fingerprint density at radius 2 is 1.76 bits per heavy atom. The summed E-state index contributed by atoms with van der Waals surface area (Å²) in [5, 5.41) is 6.18. The van der Waals surface area contributed by atoms with Crippen molar-refractivity contribution < 1.29 is 13.9 Å². The molecule has 0 spiro atoms. The first kappa shape index (κ1) is 21.3. The van der Waals surface area contributed by atoms with Crippen LogP contribution in [0.5, 0.6) is 5.75 Å². The maximum atomic E-state index is 14.5. The number of benzene rings is 3. The van der Waals surface area contributed by atoms with Crippen LogP contribution >= 0.6 is 0 Å². The van der Waals surface area contributed by atoms with Crippen molar-refractivity contribution in [3.05, 3.63) is 101 Å². The van der Waals surface area contributed by atoms with Crippen molar-refractivity contribution >= 4 is 11.6 Å². The molecule has 3 aromatic carbocycles. The largest absolute Gasteiger partial charge is 0.497 e. The Bertz CT molecular complexity index is 1190. The highest BCUT2D eigenvalue weighted by Crippen LogP contribution is 2.34. The van der Waals surface area contributed by atoms with Gasteiger partial charge in [-0.1, -0.05) is 54.6 Å². The first-order valence-corrected chi connectivity index (χ1v) is 11.2. The number of methoxy groups -OCH3 is 1. The Kier molecular flexibility index (Phi) is 5.92. The first-order valence-electron chi connectivity index (χ1n) is 11.2. The van der Waals surface area contributed by atoms with Crippen LogP contribution in [0.2, 0.25) is 0 Å². The lowest BCUT2D eigenvalue weighted by molar-refractivity contribution is -0.134. The van der Waals surface area contributed by atoms with Gasteiger partial charge >= 0.3 is 0 Å². The van der Waals surface area contributed by atoms with E-state index in [4.69, 9.17) is 4.74 Å². The Balaban J connectivity index is 1.40. The third-order valence-corrected chi connectivity index (χ3v) is 6.42. The number of fused-ring (bicyclic) bond motifs is 1. The van der Waals surface area contributed by atoms with E-state index in [2.05, 4.69) is 28.2 Å². The van der Waals surface area contributed by atoms with Crippen molar-refractivity contribution in [2.45, 2.75) is 25.4 Å². The monoisotopic (exact) mass is 443 g/mol. The van der Waals surface area contributed by atoms with Crippen molar-refractivity contribution in [2.24, 2.45) is 5.10 Å². The highest BCUT2D eigenvalue weighted by Gasteiger charge is 2.34. The number of carbonyl (C=O) groups excluding carboxylic acids is 1. The van der Waals surface area contributed by atoms with Crippen LogP contribution in [0.15, 0.2) is 77.9 Å². The molecule has 0 aliphatic carbocycles. The summed E-state index contributed by atoms with van der Waals surface area (Å²) in [6.07, 6.45) is 1.39. The van der Waals surface area contributed by atoms with E-state index in [0.717, 1.165) is 30.8 Å². The molecule has 2 aliphatic rings. The molecule has 2 aliphatic heterocycles. The Labute approximate surface area is 193 Å². The standard InChI is InChI=1S/C27H26FN3O2/c1-33-22-12-10-20(11-13-22)26-16-25(23-8-4-5-9-24(23)28)29-31(26)27(32)18-30-15-14-19-6-2-3-7-21(19)17-30/h2-13,26H,14-18H2,1H3/t26-/m1/s1. The lowest BCUT2D eigenvalue weighted by Crippen LogP contribution is -2.40. The van der Waals surface area contributed by atoms with Crippen LogP contribution in [0.3, 0.4) is 0 Å². The molecule has 1 atom stereocenters. The van der Waals surface area contributed by atoms with Gasteiger partial charge in [0.05, 0.1) is 25.4 Å². The zero-order valence-electron chi connectivity index (χ0n) is 18.6. The summed E-state index contributed by atoms with van der Waals surface area (Å²) >= 11 is 0. The van der Waals surface area contributed by atoms with Gasteiger partial charge in [0.15, 0.2) is 0 Å². The highest BCUT2D eigenvalue weighted by atomic mass is 19.1. The second kappa shape index (κ2) is 9.16. The second-order valence-electron chi connectivity index (χ2n) is 8.49. The predicted octanol–water partition coefficient (Wildman–Crippen LogP) is 4.57. The fourth-order valence-corrected chi connectivity index (χ4v) is 4.64. The predicted molar refractivity (Wildman–Crippen MR) is 126 cm³/mol. The summed E-state index contributed by atoms with van der Waals surface area (Å²) in [7, 11) is 1.62. The summed E-state index contributed by atoms with van der Waals surface area (Å²) in [6.45, 7) is 1.84. The number of amides is 1. The molecule has 0 bridgehead atoms.